The van der Waals surface area contributed by atoms with Crippen LogP contribution in [-0.2, 0) is 0 Å². The standard InChI is InChI=1S/C12H16Cl3N3/c1-3-17-4-5-18(7-8(17)2)12-10(14)6-9(13)11(15)16-12/h6,8H,3-5,7H2,1-2H3. The van der Waals surface area contributed by atoms with Crippen LogP contribution in [0.3, 0.4) is 0 Å². The first-order valence-electron chi connectivity index (χ1n) is 6.03. The largest absolute Gasteiger partial charge is 0.352 e. The molecule has 2 rings (SSSR count). The lowest BCUT2D eigenvalue weighted by atomic mass is 10.2. The van der Waals surface area contributed by atoms with Crippen LogP contribution in [0.1, 0.15) is 13.8 Å². The molecule has 1 atom stereocenters. The second-order valence-corrected chi connectivity index (χ2v) is 5.66. The Labute approximate surface area is 123 Å². The zero-order chi connectivity index (χ0) is 13.3. The van der Waals surface area contributed by atoms with Crippen LogP contribution < -0.4 is 4.90 Å². The maximum atomic E-state index is 6.19. The molecule has 0 radical (unpaired) electrons. The van der Waals surface area contributed by atoms with Crippen LogP contribution in [0, 0.1) is 0 Å². The van der Waals surface area contributed by atoms with Crippen molar-refractivity contribution in [1.82, 2.24) is 9.88 Å². The van der Waals surface area contributed by atoms with Crippen LogP contribution in [0.2, 0.25) is 15.2 Å². The minimum absolute atomic E-state index is 0.307. The highest BCUT2D eigenvalue weighted by atomic mass is 35.5. The maximum Gasteiger partial charge on any atom is 0.150 e. The van der Waals surface area contributed by atoms with Crippen LogP contribution in [0.15, 0.2) is 6.07 Å². The van der Waals surface area contributed by atoms with E-state index in [9.17, 15) is 0 Å². The number of aromatic nitrogens is 1. The molecule has 1 aliphatic rings. The van der Waals surface area contributed by atoms with Gasteiger partial charge in [-0.25, -0.2) is 4.98 Å². The molecule has 1 aromatic heterocycles. The Balaban J connectivity index is 2.20. The molecular weight excluding hydrogens is 293 g/mol. The lowest BCUT2D eigenvalue weighted by Gasteiger charge is -2.40. The Morgan fingerprint density at radius 2 is 2.00 bits per heavy atom. The smallest absolute Gasteiger partial charge is 0.150 e. The lowest BCUT2D eigenvalue weighted by molar-refractivity contribution is 0.199. The van der Waals surface area contributed by atoms with Gasteiger partial charge in [-0.2, -0.15) is 0 Å². The van der Waals surface area contributed by atoms with Crippen LogP contribution >= 0.6 is 34.8 Å². The van der Waals surface area contributed by atoms with Crippen molar-refractivity contribution in [3.8, 4) is 0 Å². The van der Waals surface area contributed by atoms with Gasteiger partial charge < -0.3 is 4.90 Å². The summed E-state index contributed by atoms with van der Waals surface area (Å²) in [6, 6.07) is 2.14. The fourth-order valence-corrected chi connectivity index (χ4v) is 2.93. The molecular formula is C12H16Cl3N3. The third-order valence-electron chi connectivity index (χ3n) is 3.34. The van der Waals surface area contributed by atoms with Gasteiger partial charge in [0.15, 0.2) is 0 Å². The molecule has 1 fully saturated rings. The highest BCUT2D eigenvalue weighted by Gasteiger charge is 2.25. The normalized spacial score (nSPS) is 21.4. The summed E-state index contributed by atoms with van der Waals surface area (Å²) in [6.45, 7) is 8.27. The molecule has 0 N–H and O–H groups in total. The number of pyridine rings is 1. The van der Waals surface area contributed by atoms with E-state index in [1.807, 2.05) is 0 Å². The summed E-state index contributed by atoms with van der Waals surface area (Å²) in [5.41, 5.74) is 0. The van der Waals surface area contributed by atoms with Gasteiger partial charge >= 0.3 is 0 Å². The quantitative estimate of drug-likeness (QED) is 0.779. The Bertz CT molecular complexity index is 439. The molecule has 1 saturated heterocycles. The summed E-state index contributed by atoms with van der Waals surface area (Å²) in [4.78, 5) is 8.89. The highest BCUT2D eigenvalue weighted by molar-refractivity contribution is 6.42. The van der Waals surface area contributed by atoms with Crippen molar-refractivity contribution >= 4 is 40.6 Å². The molecule has 6 heteroatoms. The van der Waals surface area contributed by atoms with Crippen LogP contribution in [0.5, 0.6) is 0 Å². The zero-order valence-electron chi connectivity index (χ0n) is 10.5. The molecule has 2 heterocycles. The van der Waals surface area contributed by atoms with Crippen molar-refractivity contribution in [2.45, 2.75) is 19.9 Å². The van der Waals surface area contributed by atoms with Crippen molar-refractivity contribution in [1.29, 1.82) is 0 Å². The number of piperazine rings is 1. The Kier molecular flexibility index (Phi) is 4.59. The lowest BCUT2D eigenvalue weighted by Crippen LogP contribution is -2.52. The van der Waals surface area contributed by atoms with Crippen LogP contribution in [0.4, 0.5) is 5.82 Å². The number of hydrogen-bond donors (Lipinski definition) is 0. The zero-order valence-corrected chi connectivity index (χ0v) is 12.7. The van der Waals surface area contributed by atoms with Crippen molar-refractivity contribution in [2.24, 2.45) is 0 Å². The predicted molar refractivity (Wildman–Crippen MR) is 78.2 cm³/mol. The topological polar surface area (TPSA) is 19.4 Å². The molecule has 0 bridgehead atoms. The summed E-state index contributed by atoms with van der Waals surface area (Å²) in [7, 11) is 0. The van der Waals surface area contributed by atoms with Crippen molar-refractivity contribution in [2.75, 3.05) is 31.1 Å². The van der Waals surface area contributed by atoms with E-state index in [1.165, 1.54) is 0 Å². The Hall–Kier alpha value is -0.220. The summed E-state index contributed by atoms with van der Waals surface area (Å²) in [5, 5.41) is 1.26. The second kappa shape index (κ2) is 5.83. The molecule has 1 aliphatic heterocycles. The summed E-state index contributed by atoms with van der Waals surface area (Å²) < 4.78 is 0. The monoisotopic (exact) mass is 307 g/mol. The summed E-state index contributed by atoms with van der Waals surface area (Å²) >= 11 is 18.0. The first-order valence-corrected chi connectivity index (χ1v) is 7.16. The van der Waals surface area contributed by atoms with Gasteiger partial charge in [0.2, 0.25) is 0 Å². The number of hydrogen-bond acceptors (Lipinski definition) is 3. The third-order valence-corrected chi connectivity index (χ3v) is 4.29. The maximum absolute atomic E-state index is 6.19. The molecule has 1 aromatic rings. The van der Waals surface area contributed by atoms with Gasteiger partial charge in [0.05, 0.1) is 10.0 Å². The van der Waals surface area contributed by atoms with E-state index in [2.05, 4.69) is 28.6 Å². The van der Waals surface area contributed by atoms with E-state index in [0.717, 1.165) is 32.0 Å². The van der Waals surface area contributed by atoms with Gasteiger partial charge in [-0.3, -0.25) is 4.90 Å². The van der Waals surface area contributed by atoms with Crippen molar-refractivity contribution in [3.05, 3.63) is 21.3 Å². The number of rotatable bonds is 2. The molecule has 0 aromatic carbocycles. The second-order valence-electron chi connectivity index (χ2n) is 4.49. The molecule has 1 unspecified atom stereocenters. The predicted octanol–water partition coefficient (Wildman–Crippen LogP) is 3.57. The molecule has 18 heavy (non-hydrogen) atoms. The Morgan fingerprint density at radius 1 is 1.28 bits per heavy atom. The van der Waals surface area contributed by atoms with Gasteiger partial charge in [0, 0.05) is 25.7 Å². The SMILES string of the molecule is CCN1CCN(c2nc(Cl)c(Cl)cc2Cl)CC1C. The van der Waals surface area contributed by atoms with Crippen molar-refractivity contribution < 1.29 is 0 Å². The summed E-state index contributed by atoms with van der Waals surface area (Å²) in [5.74, 6) is 0.730. The fraction of sp³-hybridized carbons (Fsp3) is 0.583. The van der Waals surface area contributed by atoms with Gasteiger partial charge in [0.25, 0.3) is 0 Å². The van der Waals surface area contributed by atoms with Gasteiger partial charge in [-0.05, 0) is 19.5 Å². The van der Waals surface area contributed by atoms with Gasteiger partial charge in [-0.15, -0.1) is 0 Å². The van der Waals surface area contributed by atoms with E-state index in [1.54, 1.807) is 6.07 Å². The molecule has 0 amide bonds. The van der Waals surface area contributed by atoms with Crippen molar-refractivity contribution in [3.63, 3.8) is 0 Å². The van der Waals surface area contributed by atoms with Gasteiger partial charge in [-0.1, -0.05) is 41.7 Å². The summed E-state index contributed by atoms with van der Waals surface area (Å²) in [6.07, 6.45) is 0. The number of likely N-dealkylation sites (N-methyl/N-ethyl adjacent to an activating group) is 1. The highest BCUT2D eigenvalue weighted by Crippen LogP contribution is 2.32. The van der Waals surface area contributed by atoms with E-state index in [0.29, 0.717) is 21.2 Å². The molecule has 0 saturated carbocycles. The van der Waals surface area contributed by atoms with E-state index >= 15 is 0 Å². The molecule has 0 spiro atoms. The minimum atomic E-state index is 0.307. The minimum Gasteiger partial charge on any atom is -0.352 e. The first kappa shape index (κ1) is 14.2. The van der Waals surface area contributed by atoms with Crippen LogP contribution in [-0.4, -0.2) is 42.1 Å². The molecule has 3 nitrogen and oxygen atoms in total. The van der Waals surface area contributed by atoms with E-state index in [-0.39, 0.29) is 0 Å². The average molecular weight is 309 g/mol. The number of nitrogens with zero attached hydrogens (tertiary/aromatic N) is 3. The molecule has 0 aliphatic carbocycles. The number of halogens is 3. The molecule has 100 valence electrons. The van der Waals surface area contributed by atoms with E-state index < -0.39 is 0 Å². The number of anilines is 1. The van der Waals surface area contributed by atoms with Crippen LogP contribution in [0.25, 0.3) is 0 Å². The first-order chi connectivity index (χ1) is 8.52. The Morgan fingerprint density at radius 3 is 2.61 bits per heavy atom. The van der Waals surface area contributed by atoms with E-state index in [4.69, 9.17) is 34.8 Å². The third kappa shape index (κ3) is 2.85. The van der Waals surface area contributed by atoms with Gasteiger partial charge in [0.1, 0.15) is 11.0 Å². The fourth-order valence-electron chi connectivity index (χ4n) is 2.31. The average Bonchev–Trinajstić information content (AvgIpc) is 2.33.